The van der Waals surface area contributed by atoms with Crippen LogP contribution in [0.2, 0.25) is 0 Å². The molecule has 1 aliphatic carbocycles. The summed E-state index contributed by atoms with van der Waals surface area (Å²) < 4.78 is 38.4. The number of hydrogen-bond donors (Lipinski definition) is 5. The average molecular weight is 467 g/mol. The third-order valence-electron chi connectivity index (χ3n) is 4.44. The first-order valence-electron chi connectivity index (χ1n) is 8.46. The number of carbonyl (C=O) groups excluding carboxylic acids is 1. The van der Waals surface area contributed by atoms with Crippen LogP contribution in [0.3, 0.4) is 0 Å². The molecule has 6 N–H and O–H groups in total. The van der Waals surface area contributed by atoms with Gasteiger partial charge in [-0.25, -0.2) is 18.7 Å². The van der Waals surface area contributed by atoms with Crippen molar-refractivity contribution in [1.29, 1.82) is 0 Å². The van der Waals surface area contributed by atoms with Crippen molar-refractivity contribution in [2.45, 2.75) is 37.3 Å². The van der Waals surface area contributed by atoms with E-state index in [1.807, 2.05) is 0 Å². The zero-order valence-electron chi connectivity index (χ0n) is 15.4. The molecule has 0 amide bonds. The summed E-state index contributed by atoms with van der Waals surface area (Å²) in [7, 11) is -9.71. The summed E-state index contributed by atoms with van der Waals surface area (Å²) in [6.45, 7) is 0. The molecule has 30 heavy (non-hydrogen) atoms. The lowest BCUT2D eigenvalue weighted by Crippen LogP contribution is -2.30. The molecule has 2 aromatic heterocycles. The maximum absolute atomic E-state index is 12.2. The van der Waals surface area contributed by atoms with Crippen LogP contribution < -0.4 is 11.3 Å². The normalized spacial score (nSPS) is 22.7. The first kappa shape index (κ1) is 22.6. The number of phosphoric acid groups is 1. The highest BCUT2D eigenvalue weighted by atomic mass is 31.3. The van der Waals surface area contributed by atoms with E-state index in [-0.39, 0.29) is 29.6 Å². The Hall–Kier alpha value is -2.12. The second-order valence-electron chi connectivity index (χ2n) is 6.51. The Labute approximate surface area is 168 Å². The van der Waals surface area contributed by atoms with Crippen LogP contribution in [0.5, 0.6) is 0 Å². The summed E-state index contributed by atoms with van der Waals surface area (Å²) in [5, 5.41) is 0. The van der Waals surface area contributed by atoms with Gasteiger partial charge in [-0.05, 0) is 19.3 Å². The minimum atomic E-state index is -5.39. The standard InChI is InChI=1S/C13H19N5O10P2/c1-26-11(20)12(29(21,22)28-30(23,24)25)27-7-3-2-6(4-7)18-5-15-8-9(18)16-13(14)17-10(8)19/h5-7,12H,2-4H2,1H3,(H,21,22)(H2,23,24,25)(H3,14,16,17,19)/t6-,7+,12?/m0/s1. The molecular formula is C13H19N5O10P2. The Kier molecular flexibility index (Phi) is 6.16. The number of H-pyrrole nitrogens is 1. The van der Waals surface area contributed by atoms with Crippen molar-refractivity contribution in [3.05, 3.63) is 16.7 Å². The summed E-state index contributed by atoms with van der Waals surface area (Å²) in [6, 6.07) is -0.298. The van der Waals surface area contributed by atoms with Gasteiger partial charge < -0.3 is 34.5 Å². The third kappa shape index (κ3) is 4.78. The van der Waals surface area contributed by atoms with E-state index in [0.717, 1.165) is 7.11 Å². The van der Waals surface area contributed by atoms with Crippen molar-refractivity contribution in [1.82, 2.24) is 19.5 Å². The van der Waals surface area contributed by atoms with Crippen LogP contribution in [0.25, 0.3) is 11.2 Å². The van der Waals surface area contributed by atoms with Gasteiger partial charge in [-0.15, -0.1) is 0 Å². The Morgan fingerprint density at radius 3 is 2.70 bits per heavy atom. The molecule has 17 heteroatoms. The highest BCUT2D eigenvalue weighted by Crippen LogP contribution is 2.60. The predicted octanol–water partition coefficient (Wildman–Crippen LogP) is -0.394. The van der Waals surface area contributed by atoms with E-state index in [4.69, 9.17) is 20.3 Å². The molecule has 0 bridgehead atoms. The Morgan fingerprint density at radius 1 is 1.37 bits per heavy atom. The number of imidazole rings is 1. The van der Waals surface area contributed by atoms with Crippen LogP contribution in [0.4, 0.5) is 5.95 Å². The summed E-state index contributed by atoms with van der Waals surface area (Å²) >= 11 is 0. The zero-order chi connectivity index (χ0) is 22.3. The summed E-state index contributed by atoms with van der Waals surface area (Å²) in [5.74, 6) is -3.68. The van der Waals surface area contributed by atoms with Crippen LogP contribution in [0.1, 0.15) is 25.3 Å². The fourth-order valence-electron chi connectivity index (χ4n) is 3.25. The molecule has 3 rings (SSSR count). The number of nitrogens with zero attached hydrogens (tertiary/aromatic N) is 3. The Morgan fingerprint density at radius 2 is 2.07 bits per heavy atom. The van der Waals surface area contributed by atoms with Crippen molar-refractivity contribution in [2.24, 2.45) is 0 Å². The van der Waals surface area contributed by atoms with E-state index in [1.165, 1.54) is 6.33 Å². The molecule has 1 aliphatic rings. The second-order valence-corrected chi connectivity index (χ2v) is 9.74. The number of nitrogen functional groups attached to an aromatic ring is 1. The first-order chi connectivity index (χ1) is 13.9. The van der Waals surface area contributed by atoms with Gasteiger partial charge in [0, 0.05) is 6.04 Å². The monoisotopic (exact) mass is 467 g/mol. The molecule has 0 aromatic carbocycles. The minimum absolute atomic E-state index is 0.0795. The van der Waals surface area contributed by atoms with E-state index in [1.54, 1.807) is 4.57 Å². The molecule has 166 valence electrons. The molecule has 1 fully saturated rings. The van der Waals surface area contributed by atoms with Crippen LogP contribution in [-0.4, -0.2) is 59.2 Å². The highest BCUT2D eigenvalue weighted by Gasteiger charge is 2.47. The summed E-state index contributed by atoms with van der Waals surface area (Å²) in [4.78, 5) is 61.7. The molecule has 2 unspecified atom stereocenters. The molecule has 0 saturated heterocycles. The van der Waals surface area contributed by atoms with Gasteiger partial charge in [-0.2, -0.15) is 4.98 Å². The average Bonchev–Trinajstić information content (AvgIpc) is 3.23. The first-order valence-corrected chi connectivity index (χ1v) is 11.6. The quantitative estimate of drug-likeness (QED) is 0.258. The third-order valence-corrected chi connectivity index (χ3v) is 7.16. The van der Waals surface area contributed by atoms with Gasteiger partial charge in [0.1, 0.15) is 0 Å². The van der Waals surface area contributed by atoms with Crippen LogP contribution in [0.15, 0.2) is 11.1 Å². The van der Waals surface area contributed by atoms with Crippen LogP contribution >= 0.6 is 15.4 Å². The molecular weight excluding hydrogens is 448 g/mol. The molecule has 1 saturated carbocycles. The topological polar surface area (TPSA) is 229 Å². The molecule has 4 atom stereocenters. The van der Waals surface area contributed by atoms with E-state index < -0.39 is 38.9 Å². The van der Waals surface area contributed by atoms with Crippen molar-refractivity contribution >= 4 is 38.5 Å². The lowest BCUT2D eigenvalue weighted by molar-refractivity contribution is -0.152. The number of rotatable bonds is 7. The fourth-order valence-corrected chi connectivity index (χ4v) is 5.51. The minimum Gasteiger partial charge on any atom is -0.467 e. The van der Waals surface area contributed by atoms with Gasteiger partial charge in [0.05, 0.1) is 19.5 Å². The number of ether oxygens (including phenoxy) is 2. The number of fused-ring (bicyclic) bond motifs is 1. The van der Waals surface area contributed by atoms with Gasteiger partial charge in [0.2, 0.25) is 5.95 Å². The number of aromatic nitrogens is 4. The number of esters is 1. The number of hydrogen-bond acceptors (Lipinski definition) is 10. The van der Waals surface area contributed by atoms with E-state index in [0.29, 0.717) is 12.8 Å². The van der Waals surface area contributed by atoms with E-state index >= 15 is 0 Å². The molecule has 15 nitrogen and oxygen atoms in total. The lowest BCUT2D eigenvalue weighted by atomic mass is 10.2. The molecule has 0 spiro atoms. The number of carbonyl (C=O) groups is 1. The molecule has 0 radical (unpaired) electrons. The summed E-state index contributed by atoms with van der Waals surface area (Å²) in [5.41, 5.74) is 5.38. The largest absolute Gasteiger partial charge is 0.476 e. The SMILES string of the molecule is COC(=O)C(O[C@@H]1CC[C@H](n2cnc3c(=O)[nH]c(N)nc32)C1)P(=O)(O)OP(=O)(O)O. The highest BCUT2D eigenvalue weighted by molar-refractivity contribution is 7.64. The number of nitrogens with one attached hydrogen (secondary N) is 1. The van der Waals surface area contributed by atoms with Crippen molar-refractivity contribution in [2.75, 3.05) is 12.8 Å². The summed E-state index contributed by atoms with van der Waals surface area (Å²) in [6.07, 6.45) is 1.62. The second kappa shape index (κ2) is 8.19. The maximum Gasteiger partial charge on any atom is 0.476 e. The number of anilines is 1. The number of nitrogens with two attached hydrogens (primary N) is 1. The van der Waals surface area contributed by atoms with Crippen molar-refractivity contribution < 1.29 is 42.4 Å². The van der Waals surface area contributed by atoms with E-state index in [2.05, 4.69) is 24.0 Å². The number of methoxy groups -OCH3 is 1. The van der Waals surface area contributed by atoms with E-state index in [9.17, 15) is 23.6 Å². The maximum atomic E-state index is 12.2. The van der Waals surface area contributed by atoms with Gasteiger partial charge in [0.25, 0.3) is 11.4 Å². The predicted molar refractivity (Wildman–Crippen MR) is 99.1 cm³/mol. The van der Waals surface area contributed by atoms with Gasteiger partial charge >= 0.3 is 21.4 Å². The Bertz CT molecular complexity index is 1110. The number of aromatic amines is 1. The molecule has 0 aliphatic heterocycles. The smallest absolute Gasteiger partial charge is 0.467 e. The van der Waals surface area contributed by atoms with Crippen molar-refractivity contribution in [3.63, 3.8) is 0 Å². The van der Waals surface area contributed by atoms with Gasteiger partial charge in [0.15, 0.2) is 11.2 Å². The van der Waals surface area contributed by atoms with Crippen LogP contribution in [0, 0.1) is 0 Å². The van der Waals surface area contributed by atoms with Gasteiger partial charge in [-0.1, -0.05) is 0 Å². The lowest BCUT2D eigenvalue weighted by Gasteiger charge is -2.24. The zero-order valence-corrected chi connectivity index (χ0v) is 17.2. The molecule has 2 aromatic rings. The van der Waals surface area contributed by atoms with Crippen molar-refractivity contribution in [3.8, 4) is 0 Å². The molecule has 2 heterocycles. The van der Waals surface area contributed by atoms with Crippen LogP contribution in [-0.2, 0) is 27.7 Å². The Balaban J connectivity index is 1.80. The fraction of sp³-hybridized carbons (Fsp3) is 0.538. The van der Waals surface area contributed by atoms with Gasteiger partial charge in [-0.3, -0.25) is 14.3 Å².